The number of hydrogen-bond acceptors (Lipinski definition) is 1. The third kappa shape index (κ3) is 1.83. The molecule has 0 aliphatic heterocycles. The monoisotopic (exact) mass is 322 g/mol. The minimum Gasteiger partial charge on any atom is -0.389 e. The molecule has 1 N–H and O–H groups in total. The molecule has 0 saturated heterocycles. The molecular formula is C23H30O. The van der Waals surface area contributed by atoms with Crippen molar-refractivity contribution < 1.29 is 5.11 Å². The zero-order chi connectivity index (χ0) is 17.2. The molecule has 6 atom stereocenters. The van der Waals surface area contributed by atoms with Crippen molar-refractivity contribution in [2.45, 2.75) is 71.3 Å². The van der Waals surface area contributed by atoms with Crippen LogP contribution >= 0.6 is 0 Å². The van der Waals surface area contributed by atoms with E-state index in [1.165, 1.54) is 31.3 Å². The van der Waals surface area contributed by atoms with Gasteiger partial charge in [0.2, 0.25) is 0 Å². The van der Waals surface area contributed by atoms with Gasteiger partial charge < -0.3 is 5.11 Å². The molecule has 0 bridgehead atoms. The molecule has 1 nitrogen and oxygen atoms in total. The maximum absolute atomic E-state index is 10.1. The van der Waals surface area contributed by atoms with Crippen LogP contribution in [0.4, 0.5) is 0 Å². The Bertz CT molecular complexity index is 645. The van der Waals surface area contributed by atoms with E-state index in [1.807, 2.05) is 0 Å². The van der Waals surface area contributed by atoms with Crippen LogP contribution < -0.4 is 0 Å². The zero-order valence-electron chi connectivity index (χ0n) is 15.1. The van der Waals surface area contributed by atoms with Gasteiger partial charge in [-0.2, -0.15) is 0 Å². The summed E-state index contributed by atoms with van der Waals surface area (Å²) in [6, 6.07) is 0. The summed E-state index contributed by atoms with van der Waals surface area (Å²) in [5.74, 6) is 8.28. The van der Waals surface area contributed by atoms with Gasteiger partial charge in [0.25, 0.3) is 0 Å². The molecular weight excluding hydrogens is 292 g/mol. The number of aliphatic hydroxyl groups excluding tert-OH is 1. The molecule has 4 aliphatic carbocycles. The molecule has 4 rings (SSSR count). The predicted octanol–water partition coefficient (Wildman–Crippen LogP) is 4.56. The molecule has 0 amide bonds. The summed E-state index contributed by atoms with van der Waals surface area (Å²) in [5.41, 5.74) is 1.61. The van der Waals surface area contributed by atoms with Crippen molar-refractivity contribution >= 4 is 0 Å². The maximum Gasteiger partial charge on any atom is 0.0969 e. The van der Waals surface area contributed by atoms with E-state index in [4.69, 9.17) is 12.8 Å². The summed E-state index contributed by atoms with van der Waals surface area (Å²) >= 11 is 0. The Kier molecular flexibility index (Phi) is 3.50. The van der Waals surface area contributed by atoms with Crippen molar-refractivity contribution in [2.75, 3.05) is 0 Å². The van der Waals surface area contributed by atoms with E-state index < -0.39 is 0 Å². The van der Waals surface area contributed by atoms with Crippen molar-refractivity contribution in [2.24, 2.45) is 34.0 Å². The molecule has 24 heavy (non-hydrogen) atoms. The Hall–Kier alpha value is -1.18. The first kappa shape index (κ1) is 16.3. The molecule has 1 heteroatoms. The third-order valence-corrected chi connectivity index (χ3v) is 8.78. The van der Waals surface area contributed by atoms with Crippen molar-refractivity contribution in [3.05, 3.63) is 11.6 Å². The van der Waals surface area contributed by atoms with Gasteiger partial charge >= 0.3 is 0 Å². The normalized spacial score (nSPS) is 49.0. The fourth-order valence-corrected chi connectivity index (χ4v) is 7.27. The van der Waals surface area contributed by atoms with E-state index in [0.29, 0.717) is 11.3 Å². The summed E-state index contributed by atoms with van der Waals surface area (Å²) in [6.07, 6.45) is 22.9. The minimum atomic E-state index is -0.331. The Morgan fingerprint density at radius 3 is 2.42 bits per heavy atom. The summed E-state index contributed by atoms with van der Waals surface area (Å²) in [5, 5.41) is 10.1. The summed E-state index contributed by atoms with van der Waals surface area (Å²) in [7, 11) is 0. The molecule has 4 aliphatic rings. The second-order valence-corrected chi connectivity index (χ2v) is 9.32. The quantitative estimate of drug-likeness (QED) is 0.512. The molecule has 5 unspecified atom stereocenters. The van der Waals surface area contributed by atoms with Crippen molar-refractivity contribution in [1.29, 1.82) is 0 Å². The van der Waals surface area contributed by atoms with Crippen LogP contribution in [-0.4, -0.2) is 11.2 Å². The van der Waals surface area contributed by atoms with Gasteiger partial charge in [-0.15, -0.1) is 12.8 Å². The maximum atomic E-state index is 10.1. The average Bonchev–Trinajstić information content (AvgIpc) is 2.88. The largest absolute Gasteiger partial charge is 0.389 e. The first-order valence-corrected chi connectivity index (χ1v) is 9.75. The van der Waals surface area contributed by atoms with E-state index in [-0.39, 0.29) is 16.9 Å². The highest BCUT2D eigenvalue weighted by molar-refractivity contribution is 5.33. The van der Waals surface area contributed by atoms with Crippen LogP contribution in [0, 0.1) is 58.7 Å². The standard InChI is InChI=1S/C23H30O/c1-5-23(6-2)14-11-20-18-8-7-16-15-17(24)9-12-21(16,3)19(18)10-13-22(20,23)4/h1-2,15,17-20,24H,7-14H2,3-4H3/t17-,18?,19?,20?,21?,22?/m0/s1. The van der Waals surface area contributed by atoms with Gasteiger partial charge in [-0.25, -0.2) is 0 Å². The van der Waals surface area contributed by atoms with E-state index in [2.05, 4.69) is 31.8 Å². The van der Waals surface area contributed by atoms with Crippen LogP contribution in [0.3, 0.4) is 0 Å². The molecule has 0 heterocycles. The molecule has 0 radical (unpaired) electrons. The molecule has 0 aromatic rings. The highest BCUT2D eigenvalue weighted by Crippen LogP contribution is 2.69. The second kappa shape index (κ2) is 5.16. The van der Waals surface area contributed by atoms with Crippen LogP contribution in [0.15, 0.2) is 11.6 Å². The molecule has 3 saturated carbocycles. The van der Waals surface area contributed by atoms with Gasteiger partial charge in [0.15, 0.2) is 0 Å². The Morgan fingerprint density at radius 1 is 1.00 bits per heavy atom. The first-order chi connectivity index (χ1) is 11.4. The molecule has 128 valence electrons. The Balaban J connectivity index is 1.70. The van der Waals surface area contributed by atoms with E-state index in [1.54, 1.807) is 0 Å². The lowest BCUT2D eigenvalue weighted by Crippen LogP contribution is -2.52. The number of fused-ring (bicyclic) bond motifs is 5. The van der Waals surface area contributed by atoms with Crippen LogP contribution in [0.2, 0.25) is 0 Å². The highest BCUT2D eigenvalue weighted by atomic mass is 16.3. The van der Waals surface area contributed by atoms with Gasteiger partial charge in [0, 0.05) is 0 Å². The van der Waals surface area contributed by atoms with Crippen LogP contribution in [-0.2, 0) is 0 Å². The van der Waals surface area contributed by atoms with Crippen LogP contribution in [0.5, 0.6) is 0 Å². The number of hydrogen-bond donors (Lipinski definition) is 1. The van der Waals surface area contributed by atoms with Crippen molar-refractivity contribution in [3.8, 4) is 24.7 Å². The lowest BCUT2D eigenvalue weighted by molar-refractivity contribution is -0.0579. The topological polar surface area (TPSA) is 20.2 Å². The summed E-state index contributed by atoms with van der Waals surface area (Å²) < 4.78 is 0. The fourth-order valence-electron chi connectivity index (χ4n) is 7.27. The van der Waals surface area contributed by atoms with Gasteiger partial charge in [-0.3, -0.25) is 0 Å². The molecule has 0 aromatic heterocycles. The van der Waals surface area contributed by atoms with Crippen molar-refractivity contribution in [3.63, 3.8) is 0 Å². The second-order valence-electron chi connectivity index (χ2n) is 9.32. The lowest BCUT2D eigenvalue weighted by Gasteiger charge is -2.59. The van der Waals surface area contributed by atoms with Crippen molar-refractivity contribution in [1.82, 2.24) is 0 Å². The fraction of sp³-hybridized carbons (Fsp3) is 0.739. The molecule has 0 aromatic carbocycles. The zero-order valence-corrected chi connectivity index (χ0v) is 15.1. The van der Waals surface area contributed by atoms with Gasteiger partial charge in [-0.1, -0.05) is 37.3 Å². The summed E-state index contributed by atoms with van der Waals surface area (Å²) in [4.78, 5) is 0. The number of rotatable bonds is 0. The predicted molar refractivity (Wildman–Crippen MR) is 97.8 cm³/mol. The highest BCUT2D eigenvalue weighted by Gasteiger charge is 2.63. The smallest absolute Gasteiger partial charge is 0.0969 e. The third-order valence-electron chi connectivity index (χ3n) is 8.78. The number of allylic oxidation sites excluding steroid dienone is 1. The first-order valence-electron chi connectivity index (χ1n) is 9.75. The van der Waals surface area contributed by atoms with Gasteiger partial charge in [0.1, 0.15) is 0 Å². The molecule has 0 spiro atoms. The number of terminal acetylenes is 2. The average molecular weight is 322 g/mol. The lowest BCUT2D eigenvalue weighted by atomic mass is 9.45. The SMILES string of the molecule is C#CC1(C#C)CCC2C3CCC4=C[C@@H](O)CCC4(C)C3CCC21C. The van der Waals surface area contributed by atoms with E-state index >= 15 is 0 Å². The van der Waals surface area contributed by atoms with E-state index in [9.17, 15) is 5.11 Å². The van der Waals surface area contributed by atoms with Gasteiger partial charge in [-0.05, 0) is 80.0 Å². The Labute approximate surface area is 147 Å². The number of aliphatic hydroxyl groups is 1. The summed E-state index contributed by atoms with van der Waals surface area (Å²) in [6.45, 7) is 4.85. The molecule has 3 fully saturated rings. The Morgan fingerprint density at radius 2 is 1.71 bits per heavy atom. The van der Waals surface area contributed by atoms with E-state index in [0.717, 1.165) is 37.5 Å². The van der Waals surface area contributed by atoms with Crippen LogP contribution in [0.1, 0.15) is 65.2 Å². The van der Waals surface area contributed by atoms with Crippen LogP contribution in [0.25, 0.3) is 0 Å². The minimum absolute atomic E-state index is 0.115. The van der Waals surface area contributed by atoms with Gasteiger partial charge in [0.05, 0.1) is 11.5 Å².